The van der Waals surface area contributed by atoms with Crippen LogP contribution in [0.2, 0.25) is 0 Å². The number of nitrogens with zero attached hydrogens (tertiary/aromatic N) is 2. The molecule has 5 heteroatoms. The molecule has 0 heterocycles. The van der Waals surface area contributed by atoms with E-state index in [9.17, 15) is 4.79 Å². The molecule has 0 fully saturated rings. The summed E-state index contributed by atoms with van der Waals surface area (Å²) >= 11 is 0. The SMILES string of the molecule is CCC[C@H](N)C(=O)N(CCC#N)CCOC. The number of hydrogen-bond donors (Lipinski definition) is 1. The predicted molar refractivity (Wildman–Crippen MR) is 61.6 cm³/mol. The van der Waals surface area contributed by atoms with Crippen LogP contribution in [0.1, 0.15) is 26.2 Å². The summed E-state index contributed by atoms with van der Waals surface area (Å²) in [7, 11) is 1.58. The highest BCUT2D eigenvalue weighted by Gasteiger charge is 2.19. The van der Waals surface area contributed by atoms with Crippen molar-refractivity contribution < 1.29 is 9.53 Å². The van der Waals surface area contributed by atoms with Gasteiger partial charge in [-0.2, -0.15) is 5.26 Å². The predicted octanol–water partition coefficient (Wildman–Crippen LogP) is 0.502. The number of carbonyl (C=O) groups excluding carboxylic acids is 1. The molecule has 0 rings (SSSR count). The topological polar surface area (TPSA) is 79.4 Å². The van der Waals surface area contributed by atoms with Crippen molar-refractivity contribution in [2.75, 3.05) is 26.8 Å². The van der Waals surface area contributed by atoms with E-state index in [2.05, 4.69) is 0 Å². The molecule has 0 aliphatic carbocycles. The minimum atomic E-state index is -0.458. The number of methoxy groups -OCH3 is 1. The van der Waals surface area contributed by atoms with Gasteiger partial charge in [0.25, 0.3) is 0 Å². The average molecular weight is 227 g/mol. The summed E-state index contributed by atoms with van der Waals surface area (Å²) in [6.07, 6.45) is 1.88. The number of rotatable bonds is 8. The molecule has 1 amide bonds. The van der Waals surface area contributed by atoms with Gasteiger partial charge < -0.3 is 15.4 Å². The van der Waals surface area contributed by atoms with E-state index in [1.54, 1.807) is 12.0 Å². The van der Waals surface area contributed by atoms with Crippen LogP contribution in [0.3, 0.4) is 0 Å². The summed E-state index contributed by atoms with van der Waals surface area (Å²) in [6.45, 7) is 3.38. The summed E-state index contributed by atoms with van der Waals surface area (Å²) in [5.74, 6) is -0.0887. The molecule has 0 spiro atoms. The maximum atomic E-state index is 11.9. The first kappa shape index (κ1) is 14.9. The lowest BCUT2D eigenvalue weighted by molar-refractivity contribution is -0.133. The minimum absolute atomic E-state index is 0.0887. The molecule has 0 radical (unpaired) electrons. The first-order valence-corrected chi connectivity index (χ1v) is 5.57. The van der Waals surface area contributed by atoms with Gasteiger partial charge in [0.2, 0.25) is 5.91 Å². The van der Waals surface area contributed by atoms with E-state index in [1.165, 1.54) is 0 Å². The van der Waals surface area contributed by atoms with E-state index in [-0.39, 0.29) is 5.91 Å². The Bertz CT molecular complexity index is 238. The molecule has 16 heavy (non-hydrogen) atoms. The monoisotopic (exact) mass is 227 g/mol. The fraction of sp³-hybridized carbons (Fsp3) is 0.818. The molecule has 0 saturated carbocycles. The summed E-state index contributed by atoms with van der Waals surface area (Å²) in [5.41, 5.74) is 5.76. The van der Waals surface area contributed by atoms with Crippen LogP contribution in [0.15, 0.2) is 0 Å². The number of carbonyl (C=O) groups is 1. The van der Waals surface area contributed by atoms with E-state index in [0.717, 1.165) is 6.42 Å². The van der Waals surface area contributed by atoms with Gasteiger partial charge in [0.05, 0.1) is 25.1 Å². The van der Waals surface area contributed by atoms with Gasteiger partial charge in [-0.25, -0.2) is 0 Å². The fourth-order valence-electron chi connectivity index (χ4n) is 1.39. The molecular weight excluding hydrogens is 206 g/mol. The number of nitriles is 1. The van der Waals surface area contributed by atoms with Gasteiger partial charge in [-0.15, -0.1) is 0 Å². The Morgan fingerprint density at radius 1 is 1.56 bits per heavy atom. The van der Waals surface area contributed by atoms with Crippen molar-refractivity contribution in [3.8, 4) is 6.07 Å². The summed E-state index contributed by atoms with van der Waals surface area (Å²) < 4.78 is 4.92. The molecule has 5 nitrogen and oxygen atoms in total. The zero-order valence-electron chi connectivity index (χ0n) is 10.1. The van der Waals surface area contributed by atoms with Crippen molar-refractivity contribution in [2.24, 2.45) is 5.73 Å². The summed E-state index contributed by atoms with van der Waals surface area (Å²) in [4.78, 5) is 13.5. The van der Waals surface area contributed by atoms with Crippen molar-refractivity contribution in [3.63, 3.8) is 0 Å². The van der Waals surface area contributed by atoms with Crippen LogP contribution < -0.4 is 5.73 Å². The Kier molecular flexibility index (Phi) is 8.49. The highest BCUT2D eigenvalue weighted by Crippen LogP contribution is 2.01. The third-order valence-electron chi connectivity index (χ3n) is 2.29. The van der Waals surface area contributed by atoms with Crippen molar-refractivity contribution in [3.05, 3.63) is 0 Å². The second-order valence-electron chi connectivity index (χ2n) is 3.62. The number of hydrogen-bond acceptors (Lipinski definition) is 4. The average Bonchev–Trinajstić information content (AvgIpc) is 2.29. The lowest BCUT2D eigenvalue weighted by Gasteiger charge is -2.24. The van der Waals surface area contributed by atoms with Crippen LogP contribution in [0.5, 0.6) is 0 Å². The Labute approximate surface area is 97.2 Å². The Morgan fingerprint density at radius 3 is 2.75 bits per heavy atom. The van der Waals surface area contributed by atoms with Crippen molar-refractivity contribution in [2.45, 2.75) is 32.2 Å². The van der Waals surface area contributed by atoms with Gasteiger partial charge >= 0.3 is 0 Å². The molecular formula is C11H21N3O2. The quantitative estimate of drug-likeness (QED) is 0.655. The molecule has 0 aliphatic rings. The standard InChI is InChI=1S/C11H21N3O2/c1-3-5-10(13)11(15)14(7-4-6-12)8-9-16-2/h10H,3-5,7-9,13H2,1-2H3/t10-/m0/s1. The van der Waals surface area contributed by atoms with E-state index < -0.39 is 6.04 Å². The maximum absolute atomic E-state index is 11.9. The highest BCUT2D eigenvalue weighted by molar-refractivity contribution is 5.81. The first-order valence-electron chi connectivity index (χ1n) is 5.57. The molecule has 2 N–H and O–H groups in total. The van der Waals surface area contributed by atoms with Crippen LogP contribution >= 0.6 is 0 Å². The number of ether oxygens (including phenoxy) is 1. The molecule has 0 aliphatic heterocycles. The van der Waals surface area contributed by atoms with Gasteiger partial charge in [0.1, 0.15) is 0 Å². The van der Waals surface area contributed by atoms with Crippen molar-refractivity contribution >= 4 is 5.91 Å². The Hall–Kier alpha value is -1.12. The molecule has 92 valence electrons. The molecule has 0 aromatic carbocycles. The number of amides is 1. The third kappa shape index (κ3) is 5.69. The lowest BCUT2D eigenvalue weighted by atomic mass is 10.1. The molecule has 1 atom stereocenters. The van der Waals surface area contributed by atoms with Crippen molar-refractivity contribution in [1.82, 2.24) is 4.90 Å². The van der Waals surface area contributed by atoms with Gasteiger partial charge in [-0.1, -0.05) is 13.3 Å². The van der Waals surface area contributed by atoms with Crippen LogP contribution in [0, 0.1) is 11.3 Å². The third-order valence-corrected chi connectivity index (χ3v) is 2.29. The molecule has 0 unspecified atom stereocenters. The zero-order chi connectivity index (χ0) is 12.4. The normalized spacial score (nSPS) is 11.9. The van der Waals surface area contributed by atoms with E-state index >= 15 is 0 Å². The van der Waals surface area contributed by atoms with Gasteiger partial charge in [-0.05, 0) is 6.42 Å². The van der Waals surface area contributed by atoms with Crippen LogP contribution in [-0.2, 0) is 9.53 Å². The number of nitrogens with two attached hydrogens (primary N) is 1. The molecule has 0 aromatic heterocycles. The second kappa shape index (κ2) is 9.13. The van der Waals surface area contributed by atoms with E-state index in [1.807, 2.05) is 13.0 Å². The smallest absolute Gasteiger partial charge is 0.239 e. The summed E-state index contributed by atoms with van der Waals surface area (Å²) in [6, 6.07) is 1.57. The summed E-state index contributed by atoms with van der Waals surface area (Å²) in [5, 5.41) is 8.51. The van der Waals surface area contributed by atoms with E-state index in [4.69, 9.17) is 15.7 Å². The van der Waals surface area contributed by atoms with Gasteiger partial charge in [-0.3, -0.25) is 4.79 Å². The highest BCUT2D eigenvalue weighted by atomic mass is 16.5. The second-order valence-corrected chi connectivity index (χ2v) is 3.62. The maximum Gasteiger partial charge on any atom is 0.239 e. The van der Waals surface area contributed by atoms with Crippen molar-refractivity contribution in [1.29, 1.82) is 5.26 Å². The van der Waals surface area contributed by atoms with E-state index in [0.29, 0.717) is 32.5 Å². The van der Waals surface area contributed by atoms with Crippen LogP contribution in [0.25, 0.3) is 0 Å². The largest absolute Gasteiger partial charge is 0.383 e. The minimum Gasteiger partial charge on any atom is -0.383 e. The first-order chi connectivity index (χ1) is 7.67. The zero-order valence-corrected chi connectivity index (χ0v) is 10.1. The van der Waals surface area contributed by atoms with Gasteiger partial charge in [0.15, 0.2) is 0 Å². The molecule has 0 saturated heterocycles. The molecule has 0 aromatic rings. The fourth-order valence-corrected chi connectivity index (χ4v) is 1.39. The van der Waals surface area contributed by atoms with Gasteiger partial charge in [0, 0.05) is 20.2 Å². The Balaban J connectivity index is 4.24. The Morgan fingerprint density at radius 2 is 2.25 bits per heavy atom. The van der Waals surface area contributed by atoms with Crippen LogP contribution in [0.4, 0.5) is 0 Å². The van der Waals surface area contributed by atoms with Crippen LogP contribution in [-0.4, -0.2) is 43.7 Å². The lowest BCUT2D eigenvalue weighted by Crippen LogP contribution is -2.45. The molecule has 0 bridgehead atoms.